The van der Waals surface area contributed by atoms with Gasteiger partial charge in [-0.2, -0.15) is 13.1 Å². The highest BCUT2D eigenvalue weighted by molar-refractivity contribution is 7.86. The first kappa shape index (κ1) is 44.5. The Morgan fingerprint density at radius 3 is 1.65 bits per heavy atom. The third-order valence-electron chi connectivity index (χ3n) is 8.02. The molecule has 2 amide bonds. The van der Waals surface area contributed by atoms with Gasteiger partial charge in [-0.15, -0.1) is 26.9 Å². The number of hydrogen-bond donors (Lipinski definition) is 2. The van der Waals surface area contributed by atoms with Crippen LogP contribution in [0.2, 0.25) is 0 Å². The number of ether oxygens (including phenoxy) is 6. The molecule has 5 heterocycles. The molecule has 0 bridgehead atoms. The van der Waals surface area contributed by atoms with Gasteiger partial charge in [0.2, 0.25) is 0 Å². The second-order valence-electron chi connectivity index (χ2n) is 11.4. The predicted octanol–water partition coefficient (Wildman–Crippen LogP) is 4.67. The topological polar surface area (TPSA) is 282 Å². The lowest BCUT2D eigenvalue weighted by Gasteiger charge is -2.37. The van der Waals surface area contributed by atoms with Crippen LogP contribution in [0, 0.1) is 0 Å². The van der Waals surface area contributed by atoms with Gasteiger partial charge in [0.1, 0.15) is 70.2 Å². The van der Waals surface area contributed by atoms with E-state index in [2.05, 4.69) is 27.4 Å². The van der Waals surface area contributed by atoms with Crippen molar-refractivity contribution in [1.29, 1.82) is 0 Å². The third-order valence-corrected chi connectivity index (χ3v) is 19.2. The molecule has 0 aliphatic carbocycles. The summed E-state index contributed by atoms with van der Waals surface area (Å²) in [5.74, 6) is -1.75. The summed E-state index contributed by atoms with van der Waals surface area (Å²) in [6.45, 7) is -2.39. The van der Waals surface area contributed by atoms with Gasteiger partial charge in [-0.1, -0.05) is 0 Å². The van der Waals surface area contributed by atoms with E-state index in [1.165, 1.54) is 25.0 Å². The van der Waals surface area contributed by atoms with Crippen LogP contribution in [0.1, 0.15) is 43.2 Å². The number of nitrogens with zero attached hydrogens (tertiary/aromatic N) is 2. The van der Waals surface area contributed by atoms with E-state index in [1.807, 2.05) is 0 Å². The molecule has 3 aliphatic heterocycles. The van der Waals surface area contributed by atoms with Gasteiger partial charge in [0.25, 0.3) is 11.8 Å². The molecule has 55 heavy (non-hydrogen) atoms. The van der Waals surface area contributed by atoms with E-state index < -0.39 is 116 Å². The zero-order chi connectivity index (χ0) is 40.7. The molecule has 3 aliphatic rings. The molecule has 12 atom stereocenters. The first-order valence-electron chi connectivity index (χ1n) is 15.1. The Balaban J connectivity index is 1.33. The average Bonchev–Trinajstić information content (AvgIpc) is 3.92. The van der Waals surface area contributed by atoms with Gasteiger partial charge >= 0.3 is 36.1 Å². The van der Waals surface area contributed by atoms with Crippen molar-refractivity contribution in [3.8, 4) is 0 Å². The maximum atomic E-state index is 15.9. The smallest absolute Gasteiger partial charge is 0.376 e. The molecule has 0 aromatic carbocycles. The standard InChI is InChI=1S/C24H32F4N4O17P4S2/c1-39-14-12(45-18(16(14)41-3)22-31-10(7-54-22)20(29)33)5-43-51(36)24(26,27)52(37,48-50(35,9-25)47-51)49-53(28,38)44-6-13-15(40-2)17(42-4)19(46-13)23-32-11(8-55-23)21(30)34/h7-8,12-19H,5-6,9H2,1-4H3,(H2,29,33)(H2,30,34)/t12-,13-,14+,15+,16?,17?,18-,19-,50?,51?,52?,53?/m1/s1. The summed E-state index contributed by atoms with van der Waals surface area (Å²) in [6.07, 6.45) is -12.1. The molecule has 310 valence electrons. The largest absolute Gasteiger partial charge is 0.520 e. The summed E-state index contributed by atoms with van der Waals surface area (Å²) in [5, 5.41) is -2.79. The number of primary amides is 2. The molecule has 0 saturated carbocycles. The second-order valence-corrected chi connectivity index (χ2v) is 21.4. The molecule has 4 N–H and O–H groups in total. The van der Waals surface area contributed by atoms with E-state index >= 15 is 13.0 Å². The molecule has 3 fully saturated rings. The number of nitrogens with two attached hydrogens (primary N) is 2. The number of rotatable bonds is 17. The molecule has 21 nitrogen and oxygen atoms in total. The predicted molar refractivity (Wildman–Crippen MR) is 177 cm³/mol. The zero-order valence-corrected chi connectivity index (χ0v) is 33.7. The molecule has 2 aromatic heterocycles. The Morgan fingerprint density at radius 1 is 0.818 bits per heavy atom. The first-order chi connectivity index (χ1) is 25.7. The van der Waals surface area contributed by atoms with Crippen molar-refractivity contribution in [3.63, 3.8) is 0 Å². The summed E-state index contributed by atoms with van der Waals surface area (Å²) in [5.41, 5.74) is 10.2. The second kappa shape index (κ2) is 16.9. The third kappa shape index (κ3) is 8.74. The molecular weight excluding hydrogens is 880 g/mol. The lowest BCUT2D eigenvalue weighted by molar-refractivity contribution is -0.0406. The Hall–Kier alpha value is -1.60. The van der Waals surface area contributed by atoms with E-state index in [0.29, 0.717) is 0 Å². The highest BCUT2D eigenvalue weighted by Gasteiger charge is 2.78. The van der Waals surface area contributed by atoms with Crippen molar-refractivity contribution in [2.24, 2.45) is 11.5 Å². The number of carbonyl (C=O) groups excluding carboxylic acids is 2. The Morgan fingerprint density at radius 2 is 1.25 bits per heavy atom. The van der Waals surface area contributed by atoms with Crippen molar-refractivity contribution in [2.45, 2.75) is 54.2 Å². The summed E-state index contributed by atoms with van der Waals surface area (Å²) in [7, 11) is -21.1. The minimum atomic E-state index is -6.94. The van der Waals surface area contributed by atoms with Crippen LogP contribution in [0.3, 0.4) is 0 Å². The van der Waals surface area contributed by atoms with E-state index in [4.69, 9.17) is 44.4 Å². The number of thiazole rings is 2. The van der Waals surface area contributed by atoms with Crippen LogP contribution in [0.15, 0.2) is 10.8 Å². The SMILES string of the molecule is COC1[C@@H](OC)[C@@H](COP(=O)(F)OP2(=O)OP(=O)(CF)OP(=O)(OC[C@H]3O[C@@H](c4nc(C(N)=O)cs4)C(OC)[C@H]3OC)C2(F)F)O[C@H]1c1nc(C(N)=O)cs1. The van der Waals surface area contributed by atoms with Gasteiger partial charge in [0.15, 0.2) is 6.42 Å². The van der Waals surface area contributed by atoms with Crippen LogP contribution in [-0.4, -0.2) is 112 Å². The number of alkyl halides is 3. The fourth-order valence-corrected chi connectivity index (χ4v) is 16.8. The van der Waals surface area contributed by atoms with Crippen LogP contribution in [-0.2, 0) is 68.7 Å². The summed E-state index contributed by atoms with van der Waals surface area (Å²) in [4.78, 5) is 31.1. The van der Waals surface area contributed by atoms with Crippen molar-refractivity contribution in [3.05, 3.63) is 32.2 Å². The first-order valence-corrected chi connectivity index (χ1v) is 23.1. The fraction of sp³-hybridized carbons (Fsp3) is 0.667. The van der Waals surface area contributed by atoms with Gasteiger partial charge in [-0.25, -0.2) is 27.5 Å². The molecule has 31 heteroatoms. The van der Waals surface area contributed by atoms with Crippen LogP contribution >= 0.6 is 53.4 Å². The molecule has 0 radical (unpaired) electrons. The number of aromatic nitrogens is 2. The van der Waals surface area contributed by atoms with Crippen LogP contribution in [0.5, 0.6) is 0 Å². The highest BCUT2D eigenvalue weighted by Crippen LogP contribution is 2.93. The Labute approximate surface area is 316 Å². The molecule has 2 aromatic rings. The quantitative estimate of drug-likeness (QED) is 0.161. The zero-order valence-electron chi connectivity index (χ0n) is 28.5. The van der Waals surface area contributed by atoms with Crippen molar-refractivity contribution >= 4 is 65.2 Å². The average molecular weight is 913 g/mol. The van der Waals surface area contributed by atoms with Gasteiger partial charge in [-0.05, 0) is 0 Å². The summed E-state index contributed by atoms with van der Waals surface area (Å²) >= 11 is 1.83. The number of halogens is 4. The minimum absolute atomic E-state index is 0.108. The molecule has 6 unspecified atom stereocenters. The summed E-state index contributed by atoms with van der Waals surface area (Å²) in [6, 6.07) is 0. The van der Waals surface area contributed by atoms with E-state index in [1.54, 1.807) is 0 Å². The van der Waals surface area contributed by atoms with Gasteiger partial charge in [0, 0.05) is 39.2 Å². The number of hydrogen-bond acceptors (Lipinski definition) is 21. The van der Waals surface area contributed by atoms with Gasteiger partial charge in [-0.3, -0.25) is 27.8 Å². The van der Waals surface area contributed by atoms with Gasteiger partial charge in [0.05, 0.1) is 13.2 Å². The number of amides is 2. The lowest BCUT2D eigenvalue weighted by Crippen LogP contribution is -2.37. The maximum absolute atomic E-state index is 15.9. The van der Waals surface area contributed by atoms with E-state index in [0.717, 1.165) is 36.9 Å². The number of carbonyl (C=O) groups is 2. The Kier molecular flexibility index (Phi) is 13.7. The summed E-state index contributed by atoms with van der Waals surface area (Å²) < 4.78 is 169. The monoisotopic (exact) mass is 912 g/mol. The normalized spacial score (nSPS) is 37.2. The fourth-order valence-electron chi connectivity index (χ4n) is 5.56. The van der Waals surface area contributed by atoms with E-state index in [9.17, 15) is 32.2 Å². The van der Waals surface area contributed by atoms with Crippen LogP contribution < -0.4 is 11.5 Å². The van der Waals surface area contributed by atoms with Crippen LogP contribution in [0.25, 0.3) is 0 Å². The molecule has 5 rings (SSSR count). The van der Waals surface area contributed by atoms with Gasteiger partial charge < -0.3 is 44.4 Å². The molecular formula is C24H32F4N4O17P4S2. The van der Waals surface area contributed by atoms with Crippen molar-refractivity contribution < 1.29 is 95.6 Å². The maximum Gasteiger partial charge on any atom is 0.520 e. The minimum Gasteiger partial charge on any atom is -0.376 e. The number of methoxy groups -OCH3 is 4. The van der Waals surface area contributed by atoms with Crippen molar-refractivity contribution in [1.82, 2.24) is 9.97 Å². The van der Waals surface area contributed by atoms with E-state index in [-0.39, 0.29) is 21.4 Å². The molecule has 3 saturated heterocycles. The van der Waals surface area contributed by atoms with Crippen molar-refractivity contribution in [2.75, 3.05) is 48.1 Å². The Bertz CT molecular complexity index is 1950. The highest BCUT2D eigenvalue weighted by atomic mass is 32.1. The molecule has 0 spiro atoms. The van der Waals surface area contributed by atoms with Crippen LogP contribution in [0.4, 0.5) is 17.4 Å². The lowest BCUT2D eigenvalue weighted by atomic mass is 10.1.